The average Bonchev–Trinajstić information content (AvgIpc) is 2.39. The van der Waals surface area contributed by atoms with Gasteiger partial charge in [-0.2, -0.15) is 0 Å². The average molecular weight is 378 g/mol. The lowest BCUT2D eigenvalue weighted by molar-refractivity contribution is 0.405. The van der Waals surface area contributed by atoms with E-state index in [1.165, 1.54) is 6.26 Å². The molecule has 1 atom stereocenters. The third kappa shape index (κ3) is 4.44. The van der Waals surface area contributed by atoms with Gasteiger partial charge in [-0.1, -0.05) is 22.9 Å². The van der Waals surface area contributed by atoms with Crippen LogP contribution < -0.4 is 10.1 Å². The van der Waals surface area contributed by atoms with E-state index in [4.69, 9.17) is 4.74 Å². The molecule has 0 aromatic heterocycles. The highest BCUT2D eigenvalue weighted by Gasteiger charge is 2.38. The molecular formula is C15H24BrNO3S. The van der Waals surface area contributed by atoms with Gasteiger partial charge in [0.25, 0.3) is 0 Å². The first-order valence-corrected chi connectivity index (χ1v) is 9.57. The fourth-order valence-electron chi connectivity index (χ4n) is 2.12. The standard InChI is InChI=1S/C15H24BrNO3S/c1-6-17-14(15(2,3)21(5,18)19)10-11-9-12(20-4)7-8-13(11)16/h7-9,14,17H,6,10H2,1-5H3. The van der Waals surface area contributed by atoms with Gasteiger partial charge in [-0.15, -0.1) is 0 Å². The van der Waals surface area contributed by atoms with Crippen molar-refractivity contribution in [2.24, 2.45) is 0 Å². The van der Waals surface area contributed by atoms with Crippen LogP contribution >= 0.6 is 15.9 Å². The lowest BCUT2D eigenvalue weighted by Gasteiger charge is -2.33. The highest BCUT2D eigenvalue weighted by molar-refractivity contribution is 9.10. The van der Waals surface area contributed by atoms with Crippen LogP contribution in [0.5, 0.6) is 5.75 Å². The van der Waals surface area contributed by atoms with Crippen molar-refractivity contribution < 1.29 is 13.2 Å². The third-order valence-corrected chi connectivity index (χ3v) is 6.89. The Morgan fingerprint density at radius 3 is 2.48 bits per heavy atom. The van der Waals surface area contributed by atoms with Crippen LogP contribution in [0, 0.1) is 0 Å². The van der Waals surface area contributed by atoms with Crippen molar-refractivity contribution in [1.82, 2.24) is 5.32 Å². The molecule has 0 aliphatic carbocycles. The molecule has 1 rings (SSSR count). The molecular weight excluding hydrogens is 354 g/mol. The van der Waals surface area contributed by atoms with Crippen molar-refractivity contribution in [2.75, 3.05) is 19.9 Å². The van der Waals surface area contributed by atoms with Crippen molar-refractivity contribution in [1.29, 1.82) is 0 Å². The van der Waals surface area contributed by atoms with Gasteiger partial charge in [0.2, 0.25) is 0 Å². The third-order valence-electron chi connectivity index (χ3n) is 3.92. The van der Waals surface area contributed by atoms with Gasteiger partial charge in [-0.3, -0.25) is 0 Å². The van der Waals surface area contributed by atoms with Crippen molar-refractivity contribution in [3.63, 3.8) is 0 Å². The molecule has 120 valence electrons. The van der Waals surface area contributed by atoms with Crippen molar-refractivity contribution >= 4 is 25.8 Å². The molecule has 0 saturated carbocycles. The molecule has 0 bridgehead atoms. The summed E-state index contributed by atoms with van der Waals surface area (Å²) in [7, 11) is -1.56. The zero-order chi connectivity index (χ0) is 16.3. The van der Waals surface area contributed by atoms with E-state index in [0.717, 1.165) is 15.8 Å². The maximum absolute atomic E-state index is 12.1. The Morgan fingerprint density at radius 1 is 1.38 bits per heavy atom. The Morgan fingerprint density at radius 2 is 2.00 bits per heavy atom. The van der Waals surface area contributed by atoms with E-state index >= 15 is 0 Å². The molecule has 0 aliphatic rings. The number of hydrogen-bond donors (Lipinski definition) is 1. The van der Waals surface area contributed by atoms with Gasteiger partial charge in [0.05, 0.1) is 11.9 Å². The fraction of sp³-hybridized carbons (Fsp3) is 0.600. The van der Waals surface area contributed by atoms with Crippen LogP contribution in [-0.4, -0.2) is 39.1 Å². The van der Waals surface area contributed by atoms with Crippen molar-refractivity contribution in [3.8, 4) is 5.75 Å². The number of methoxy groups -OCH3 is 1. The maximum atomic E-state index is 12.1. The molecule has 1 N–H and O–H groups in total. The van der Waals surface area contributed by atoms with Gasteiger partial charge in [0.15, 0.2) is 9.84 Å². The number of sulfone groups is 1. The topological polar surface area (TPSA) is 55.4 Å². The fourth-order valence-corrected chi connectivity index (χ4v) is 3.21. The van der Waals surface area contributed by atoms with Crippen LogP contribution in [0.3, 0.4) is 0 Å². The predicted octanol–water partition coefficient (Wildman–Crippen LogP) is 2.80. The molecule has 6 heteroatoms. The Labute approximate surface area is 136 Å². The molecule has 0 spiro atoms. The maximum Gasteiger partial charge on any atom is 0.154 e. The summed E-state index contributed by atoms with van der Waals surface area (Å²) in [6.45, 7) is 6.23. The van der Waals surface area contributed by atoms with E-state index < -0.39 is 14.6 Å². The minimum atomic E-state index is -3.18. The summed E-state index contributed by atoms with van der Waals surface area (Å²) in [6, 6.07) is 5.55. The summed E-state index contributed by atoms with van der Waals surface area (Å²) in [5, 5.41) is 3.30. The molecule has 0 heterocycles. The smallest absolute Gasteiger partial charge is 0.154 e. The van der Waals surface area contributed by atoms with Gasteiger partial charge in [0, 0.05) is 16.8 Å². The molecule has 0 aliphatic heterocycles. The zero-order valence-electron chi connectivity index (χ0n) is 13.2. The number of ether oxygens (including phenoxy) is 1. The summed E-state index contributed by atoms with van der Waals surface area (Å²) in [5.74, 6) is 0.764. The summed E-state index contributed by atoms with van der Waals surface area (Å²) in [6.07, 6.45) is 1.89. The van der Waals surface area contributed by atoms with Crippen LogP contribution in [0.1, 0.15) is 26.3 Å². The predicted molar refractivity (Wildman–Crippen MR) is 90.8 cm³/mol. The summed E-state index contributed by atoms with van der Waals surface area (Å²) >= 11 is 3.52. The number of likely N-dealkylation sites (N-methyl/N-ethyl adjacent to an activating group) is 1. The van der Waals surface area contributed by atoms with Gasteiger partial charge in [-0.25, -0.2) is 8.42 Å². The first-order chi connectivity index (χ1) is 9.63. The molecule has 4 nitrogen and oxygen atoms in total. The zero-order valence-corrected chi connectivity index (χ0v) is 15.6. The van der Waals surface area contributed by atoms with E-state index in [9.17, 15) is 8.42 Å². The summed E-state index contributed by atoms with van der Waals surface area (Å²) in [4.78, 5) is 0. The summed E-state index contributed by atoms with van der Waals surface area (Å²) < 4.78 is 29.5. The van der Waals surface area contributed by atoms with Gasteiger partial charge < -0.3 is 10.1 Å². The highest BCUT2D eigenvalue weighted by atomic mass is 79.9. The van der Waals surface area contributed by atoms with Gasteiger partial charge in [0.1, 0.15) is 5.75 Å². The summed E-state index contributed by atoms with van der Waals surface area (Å²) in [5.41, 5.74) is 1.03. The van der Waals surface area contributed by atoms with Crippen LogP contribution in [0.25, 0.3) is 0 Å². The lowest BCUT2D eigenvalue weighted by Crippen LogP contribution is -2.52. The SMILES string of the molecule is CCNC(Cc1cc(OC)ccc1Br)C(C)(C)S(C)(=O)=O. The largest absolute Gasteiger partial charge is 0.497 e. The molecule has 1 unspecified atom stereocenters. The molecule has 1 aromatic rings. The van der Waals surface area contributed by atoms with E-state index in [2.05, 4.69) is 21.2 Å². The van der Waals surface area contributed by atoms with Crippen LogP contribution in [-0.2, 0) is 16.3 Å². The number of benzene rings is 1. The number of hydrogen-bond acceptors (Lipinski definition) is 4. The van der Waals surface area contributed by atoms with Crippen LogP contribution in [0.15, 0.2) is 22.7 Å². The van der Waals surface area contributed by atoms with E-state index in [1.807, 2.05) is 25.1 Å². The molecule has 0 saturated heterocycles. The number of nitrogens with one attached hydrogen (secondary N) is 1. The van der Waals surface area contributed by atoms with Crippen molar-refractivity contribution in [2.45, 2.75) is 38.0 Å². The second-order valence-corrected chi connectivity index (χ2v) is 9.10. The van der Waals surface area contributed by atoms with E-state index in [-0.39, 0.29) is 6.04 Å². The molecule has 0 fully saturated rings. The quantitative estimate of drug-likeness (QED) is 0.793. The van der Waals surface area contributed by atoms with Gasteiger partial charge >= 0.3 is 0 Å². The van der Waals surface area contributed by atoms with E-state index in [0.29, 0.717) is 13.0 Å². The highest BCUT2D eigenvalue weighted by Crippen LogP contribution is 2.28. The molecule has 0 radical (unpaired) electrons. The molecule has 1 aromatic carbocycles. The Bertz CT molecular complexity index is 585. The normalized spacial score (nSPS) is 14.0. The second kappa shape index (κ2) is 7.11. The Kier molecular flexibility index (Phi) is 6.25. The number of halogens is 1. The van der Waals surface area contributed by atoms with Gasteiger partial charge in [-0.05, 0) is 50.6 Å². The Hall–Kier alpha value is -0.590. The number of rotatable bonds is 7. The first-order valence-electron chi connectivity index (χ1n) is 6.88. The first kappa shape index (κ1) is 18.5. The monoisotopic (exact) mass is 377 g/mol. The minimum absolute atomic E-state index is 0.180. The van der Waals surface area contributed by atoms with Crippen LogP contribution in [0.4, 0.5) is 0 Å². The second-order valence-electron chi connectivity index (χ2n) is 5.65. The Balaban J connectivity index is 3.15. The van der Waals surface area contributed by atoms with Crippen LogP contribution in [0.2, 0.25) is 0 Å². The molecule has 21 heavy (non-hydrogen) atoms. The van der Waals surface area contributed by atoms with Crippen molar-refractivity contribution in [3.05, 3.63) is 28.2 Å². The minimum Gasteiger partial charge on any atom is -0.497 e. The lowest BCUT2D eigenvalue weighted by atomic mass is 9.95. The molecule has 0 amide bonds. The van der Waals surface area contributed by atoms with E-state index in [1.54, 1.807) is 21.0 Å².